The molecule has 0 bridgehead atoms. The Labute approximate surface area is 170 Å². The second-order valence-corrected chi connectivity index (χ2v) is 8.91. The van der Waals surface area contributed by atoms with E-state index < -0.39 is 40.6 Å². The summed E-state index contributed by atoms with van der Waals surface area (Å²) in [6.07, 6.45) is 2.55. The molecule has 29 heavy (non-hydrogen) atoms. The smallest absolute Gasteiger partial charge is 0.321 e. The molecule has 0 spiro atoms. The van der Waals surface area contributed by atoms with E-state index in [2.05, 4.69) is 15.4 Å². The van der Waals surface area contributed by atoms with Crippen LogP contribution in [-0.2, 0) is 24.3 Å². The van der Waals surface area contributed by atoms with E-state index in [4.69, 9.17) is 4.74 Å². The van der Waals surface area contributed by atoms with Crippen molar-refractivity contribution in [2.45, 2.75) is 63.5 Å². The molecule has 1 saturated carbocycles. The number of carbonyl (C=O) groups is 3. The second-order valence-electron chi connectivity index (χ2n) is 7.15. The van der Waals surface area contributed by atoms with Gasteiger partial charge in [-0.25, -0.2) is 13.2 Å². The number of amides is 3. The molecule has 160 valence electrons. The average Bonchev–Trinajstić information content (AvgIpc) is 3.15. The van der Waals surface area contributed by atoms with E-state index in [9.17, 15) is 22.8 Å². The third-order valence-corrected chi connectivity index (χ3v) is 6.20. The Morgan fingerprint density at radius 1 is 1.14 bits per heavy atom. The number of carbonyl (C=O) groups excluding carboxylic acids is 3. The van der Waals surface area contributed by atoms with Crippen LogP contribution in [0.2, 0.25) is 0 Å². The van der Waals surface area contributed by atoms with Crippen LogP contribution >= 0.6 is 0 Å². The number of aryl methyl sites for hydroxylation is 2. The van der Waals surface area contributed by atoms with Crippen LogP contribution in [0.3, 0.4) is 0 Å². The number of hydrogen-bond donors (Lipinski definition) is 3. The van der Waals surface area contributed by atoms with Gasteiger partial charge in [-0.1, -0.05) is 18.9 Å². The molecule has 2 rings (SSSR count). The molecule has 3 N–H and O–H groups in total. The van der Waals surface area contributed by atoms with Crippen molar-refractivity contribution in [3.63, 3.8) is 0 Å². The molecule has 0 unspecified atom stereocenters. The lowest BCUT2D eigenvalue weighted by molar-refractivity contribution is -0.153. The van der Waals surface area contributed by atoms with Gasteiger partial charge in [-0.15, -0.1) is 0 Å². The Morgan fingerprint density at radius 3 is 2.41 bits per heavy atom. The summed E-state index contributed by atoms with van der Waals surface area (Å²) in [5.41, 5.74) is 1.75. The molecule has 0 radical (unpaired) electrons. The van der Waals surface area contributed by atoms with Crippen molar-refractivity contribution >= 4 is 27.9 Å². The third kappa shape index (κ3) is 6.82. The minimum Gasteiger partial charge on any atom is -0.452 e. The predicted molar refractivity (Wildman–Crippen MR) is 106 cm³/mol. The molecule has 0 aliphatic heterocycles. The summed E-state index contributed by atoms with van der Waals surface area (Å²) in [4.78, 5) is 35.7. The molecule has 3 amide bonds. The molecule has 9 nitrogen and oxygen atoms in total. The maximum atomic E-state index is 12.3. The predicted octanol–water partition coefficient (Wildman–Crippen LogP) is 1.28. The lowest BCUT2D eigenvalue weighted by Gasteiger charge is -2.16. The van der Waals surface area contributed by atoms with Gasteiger partial charge in [0, 0.05) is 6.04 Å². The van der Waals surface area contributed by atoms with Crippen molar-refractivity contribution in [1.82, 2.24) is 15.4 Å². The highest BCUT2D eigenvalue weighted by Gasteiger charge is 2.23. The average molecular weight is 426 g/mol. The van der Waals surface area contributed by atoms with Crippen LogP contribution in [0, 0.1) is 13.8 Å². The second kappa shape index (κ2) is 9.84. The third-order valence-electron chi connectivity index (χ3n) is 4.80. The number of nitrogens with one attached hydrogen (secondary N) is 3. The monoisotopic (exact) mass is 425 g/mol. The molecule has 1 aromatic rings. The van der Waals surface area contributed by atoms with Gasteiger partial charge in [-0.3, -0.25) is 14.9 Å². The molecule has 1 aliphatic carbocycles. The van der Waals surface area contributed by atoms with E-state index in [1.54, 1.807) is 13.0 Å². The minimum absolute atomic E-state index is 0.0303. The maximum Gasteiger partial charge on any atom is 0.321 e. The summed E-state index contributed by atoms with van der Waals surface area (Å²) in [5.74, 6) is -1.72. The van der Waals surface area contributed by atoms with E-state index in [1.807, 2.05) is 6.92 Å². The van der Waals surface area contributed by atoms with Crippen LogP contribution < -0.4 is 15.4 Å². The molecular weight excluding hydrogens is 398 g/mol. The summed E-state index contributed by atoms with van der Waals surface area (Å²) < 4.78 is 31.6. The fraction of sp³-hybridized carbons (Fsp3) is 0.526. The number of rotatable bonds is 7. The number of benzene rings is 1. The molecule has 1 aromatic carbocycles. The first-order valence-electron chi connectivity index (χ1n) is 9.46. The number of esters is 1. The van der Waals surface area contributed by atoms with Crippen LogP contribution in [0.15, 0.2) is 23.1 Å². The number of sulfonamides is 1. The van der Waals surface area contributed by atoms with E-state index in [0.717, 1.165) is 36.8 Å². The Balaban J connectivity index is 1.80. The lowest BCUT2D eigenvalue weighted by atomic mass is 10.1. The van der Waals surface area contributed by atoms with E-state index >= 15 is 0 Å². The van der Waals surface area contributed by atoms with Crippen LogP contribution in [0.4, 0.5) is 4.79 Å². The molecule has 1 fully saturated rings. The van der Waals surface area contributed by atoms with Gasteiger partial charge in [0.1, 0.15) is 6.54 Å². The van der Waals surface area contributed by atoms with Crippen LogP contribution in [-0.4, -0.2) is 45.0 Å². The van der Waals surface area contributed by atoms with Gasteiger partial charge in [0.25, 0.3) is 5.91 Å². The van der Waals surface area contributed by atoms with Crippen LogP contribution in [0.5, 0.6) is 0 Å². The zero-order valence-electron chi connectivity index (χ0n) is 16.8. The number of hydrogen-bond acceptors (Lipinski definition) is 6. The van der Waals surface area contributed by atoms with Gasteiger partial charge >= 0.3 is 12.0 Å². The molecule has 1 aliphatic rings. The highest BCUT2D eigenvalue weighted by Crippen LogP contribution is 2.17. The summed E-state index contributed by atoms with van der Waals surface area (Å²) in [6.45, 7) is 4.30. The number of imide groups is 1. The van der Waals surface area contributed by atoms with Crippen molar-refractivity contribution in [2.24, 2.45) is 0 Å². The minimum atomic E-state index is -3.90. The fourth-order valence-electron chi connectivity index (χ4n) is 2.92. The van der Waals surface area contributed by atoms with Gasteiger partial charge in [-0.2, -0.15) is 4.72 Å². The van der Waals surface area contributed by atoms with Gasteiger partial charge in [0.2, 0.25) is 10.0 Å². The standard InChI is InChI=1S/C19H27N3O6S/c1-12-8-9-16(10-13(12)2)29(26,27)20-11-17(23)28-14(3)18(24)22-19(25)21-15-6-4-5-7-15/h8-10,14-15,20H,4-7,11H2,1-3H3,(H2,21,22,24,25)/t14-/m1/s1. The van der Waals surface area contributed by atoms with E-state index in [-0.39, 0.29) is 10.9 Å². The molecular formula is C19H27N3O6S. The van der Waals surface area contributed by atoms with Crippen molar-refractivity contribution < 1.29 is 27.5 Å². The van der Waals surface area contributed by atoms with Crippen molar-refractivity contribution in [2.75, 3.05) is 6.54 Å². The summed E-state index contributed by atoms with van der Waals surface area (Å²) in [6, 6.07) is 4.02. The largest absolute Gasteiger partial charge is 0.452 e. The molecule has 0 aromatic heterocycles. The van der Waals surface area contributed by atoms with Gasteiger partial charge in [-0.05, 0) is 56.9 Å². The topological polar surface area (TPSA) is 131 Å². The van der Waals surface area contributed by atoms with Gasteiger partial charge in [0.15, 0.2) is 6.10 Å². The molecule has 0 saturated heterocycles. The van der Waals surface area contributed by atoms with Crippen molar-refractivity contribution in [3.05, 3.63) is 29.3 Å². The molecule has 0 heterocycles. The lowest BCUT2D eigenvalue weighted by Crippen LogP contribution is -2.47. The SMILES string of the molecule is Cc1ccc(S(=O)(=O)NCC(=O)O[C@H](C)C(=O)NC(=O)NC2CCCC2)cc1C. The highest BCUT2D eigenvalue weighted by molar-refractivity contribution is 7.89. The summed E-state index contributed by atoms with van der Waals surface area (Å²) in [5, 5.41) is 4.80. The Hall–Kier alpha value is -2.46. The Kier molecular flexibility index (Phi) is 7.74. The first-order chi connectivity index (χ1) is 13.6. The van der Waals surface area contributed by atoms with E-state index in [1.165, 1.54) is 19.1 Å². The number of ether oxygens (including phenoxy) is 1. The molecule has 10 heteroatoms. The quantitative estimate of drug-likeness (QED) is 0.564. The first kappa shape index (κ1) is 22.8. The first-order valence-corrected chi connectivity index (χ1v) is 10.9. The van der Waals surface area contributed by atoms with Gasteiger partial charge < -0.3 is 10.1 Å². The Bertz CT molecular complexity index is 878. The van der Waals surface area contributed by atoms with Crippen LogP contribution in [0.1, 0.15) is 43.7 Å². The summed E-state index contributed by atoms with van der Waals surface area (Å²) >= 11 is 0. The van der Waals surface area contributed by atoms with E-state index in [0.29, 0.717) is 0 Å². The van der Waals surface area contributed by atoms with Gasteiger partial charge in [0.05, 0.1) is 4.90 Å². The van der Waals surface area contributed by atoms with Crippen molar-refractivity contribution in [1.29, 1.82) is 0 Å². The van der Waals surface area contributed by atoms with Crippen molar-refractivity contribution in [3.8, 4) is 0 Å². The zero-order chi connectivity index (χ0) is 21.6. The summed E-state index contributed by atoms with van der Waals surface area (Å²) in [7, 11) is -3.90. The fourth-order valence-corrected chi connectivity index (χ4v) is 3.97. The Morgan fingerprint density at radius 2 is 1.79 bits per heavy atom. The van der Waals surface area contributed by atoms with Crippen LogP contribution in [0.25, 0.3) is 0 Å². The normalized spacial score (nSPS) is 15.6. The maximum absolute atomic E-state index is 12.3. The highest BCUT2D eigenvalue weighted by atomic mass is 32.2. The zero-order valence-corrected chi connectivity index (χ0v) is 17.6. The molecule has 1 atom stereocenters. The number of urea groups is 1.